The number of alkyl halides is 3. The summed E-state index contributed by atoms with van der Waals surface area (Å²) in [6.07, 6.45) is -4.58. The van der Waals surface area contributed by atoms with Gasteiger partial charge in [-0.3, -0.25) is 4.99 Å². The van der Waals surface area contributed by atoms with Gasteiger partial charge in [0, 0.05) is 0 Å². The number of benzene rings is 2. The Morgan fingerprint density at radius 3 is 2.55 bits per heavy atom. The predicted molar refractivity (Wildman–Crippen MR) is 112 cm³/mol. The molecule has 0 bridgehead atoms. The Morgan fingerprint density at radius 2 is 1.90 bits per heavy atom. The summed E-state index contributed by atoms with van der Waals surface area (Å²) in [4.78, 5) is 19.8. The van der Waals surface area contributed by atoms with Crippen LogP contribution in [0.4, 0.5) is 18.9 Å². The molecular weight excluding hydrogens is 435 g/mol. The second-order valence-electron chi connectivity index (χ2n) is 6.76. The number of carbonyl (C=O) groups excluding carboxylic acids is 1. The number of anilines is 1. The minimum absolute atomic E-state index is 0.0851. The first-order valence-electron chi connectivity index (χ1n) is 9.23. The minimum atomic E-state index is -4.58. The second kappa shape index (κ2) is 9.38. The van der Waals surface area contributed by atoms with Crippen molar-refractivity contribution in [2.45, 2.75) is 25.7 Å². The van der Waals surface area contributed by atoms with Gasteiger partial charge in [-0.15, -0.1) is 0 Å². The van der Waals surface area contributed by atoms with Crippen LogP contribution in [0.5, 0.6) is 5.75 Å². The summed E-state index contributed by atoms with van der Waals surface area (Å²) in [7, 11) is 1.33. The summed E-state index contributed by atoms with van der Waals surface area (Å²) in [6.45, 7) is 1.39. The minimum Gasteiger partial charge on any atom is -0.495 e. The highest BCUT2D eigenvalue weighted by Gasteiger charge is 2.48. The third-order valence-electron chi connectivity index (χ3n) is 4.57. The molecule has 2 aromatic rings. The van der Waals surface area contributed by atoms with E-state index in [9.17, 15) is 18.0 Å². The van der Waals surface area contributed by atoms with E-state index in [0.717, 1.165) is 5.56 Å². The summed E-state index contributed by atoms with van der Waals surface area (Å²) >= 11 is 5.78. The molecule has 0 aliphatic carbocycles. The lowest BCUT2D eigenvalue weighted by Crippen LogP contribution is -2.44. The van der Waals surface area contributed by atoms with Crippen molar-refractivity contribution in [3.8, 4) is 5.75 Å². The molecular formula is C21H19ClF3N3O3. The van der Waals surface area contributed by atoms with Crippen LogP contribution in [-0.2, 0) is 11.3 Å². The Bertz CT molecular complexity index is 1010. The van der Waals surface area contributed by atoms with Gasteiger partial charge in [0.15, 0.2) is 0 Å². The molecule has 0 aromatic heterocycles. The average molecular weight is 454 g/mol. The van der Waals surface area contributed by atoms with Crippen LogP contribution in [0.25, 0.3) is 0 Å². The molecule has 2 atom stereocenters. The number of rotatable bonds is 5. The van der Waals surface area contributed by atoms with Gasteiger partial charge in [-0.25, -0.2) is 9.79 Å². The number of ether oxygens (including phenoxy) is 2. The number of methoxy groups -OCH3 is 1. The number of carbonyl (C=O) groups is 1. The molecule has 0 radical (unpaired) electrons. The monoisotopic (exact) mass is 453 g/mol. The number of halogens is 4. The van der Waals surface area contributed by atoms with Crippen LogP contribution in [0.1, 0.15) is 22.8 Å². The van der Waals surface area contributed by atoms with Crippen LogP contribution in [0.15, 0.2) is 58.5 Å². The molecule has 0 fully saturated rings. The fourth-order valence-corrected chi connectivity index (χ4v) is 3.31. The Hall–Kier alpha value is -3.07. The Morgan fingerprint density at radius 1 is 1.19 bits per heavy atom. The third-order valence-corrected chi connectivity index (χ3v) is 4.75. The summed E-state index contributed by atoms with van der Waals surface area (Å²) in [5.74, 6) is -2.82. The highest BCUT2D eigenvalue weighted by molar-refractivity contribution is 6.66. The number of nitrogens with one attached hydrogen (secondary N) is 1. The number of hydrogen-bond acceptors (Lipinski definition) is 6. The molecule has 10 heteroatoms. The first kappa shape index (κ1) is 22.6. The summed E-state index contributed by atoms with van der Waals surface area (Å²) in [5.41, 5.74) is 1.19. The second-order valence-corrected chi connectivity index (χ2v) is 7.09. The summed E-state index contributed by atoms with van der Waals surface area (Å²) < 4.78 is 51.1. The third kappa shape index (κ3) is 5.55. The molecule has 0 saturated carbocycles. The number of hydrogen-bond donors (Lipinski definition) is 1. The van der Waals surface area contributed by atoms with E-state index in [1.54, 1.807) is 0 Å². The Labute approximate surface area is 181 Å². The van der Waals surface area contributed by atoms with Gasteiger partial charge >= 0.3 is 12.1 Å². The molecule has 164 valence electrons. The quantitative estimate of drug-likeness (QED) is 0.508. The van der Waals surface area contributed by atoms with Gasteiger partial charge in [0.05, 0.1) is 24.4 Å². The van der Waals surface area contributed by atoms with Crippen molar-refractivity contribution < 1.29 is 27.4 Å². The Kier molecular flexibility index (Phi) is 6.84. The molecule has 6 nitrogen and oxygen atoms in total. The van der Waals surface area contributed by atoms with Gasteiger partial charge in [-0.2, -0.15) is 13.2 Å². The number of esters is 1. The zero-order chi connectivity index (χ0) is 22.6. The smallest absolute Gasteiger partial charge is 0.400 e. The van der Waals surface area contributed by atoms with E-state index in [-0.39, 0.29) is 28.9 Å². The van der Waals surface area contributed by atoms with Crippen LogP contribution in [0.2, 0.25) is 0 Å². The highest BCUT2D eigenvalue weighted by Crippen LogP contribution is 2.35. The topological polar surface area (TPSA) is 72.3 Å². The van der Waals surface area contributed by atoms with Gasteiger partial charge in [0.1, 0.15) is 24.1 Å². The van der Waals surface area contributed by atoms with Crippen molar-refractivity contribution in [3.63, 3.8) is 0 Å². The normalized spacial score (nSPS) is 18.6. The van der Waals surface area contributed by atoms with Crippen molar-refractivity contribution in [2.24, 2.45) is 15.9 Å². The van der Waals surface area contributed by atoms with E-state index in [2.05, 4.69) is 15.3 Å². The standard InChI is InChI=1S/C21H19ClF3N3O3/c1-12-17(21(23,24)25)18(28-20(22)26-12)27-15-9-8-14(10-16(15)30-2)19(29)31-11-13-6-4-3-5-7-13/h3-10,12,17H,11H2,1-2H3,(H,26,27,28). The zero-order valence-electron chi connectivity index (χ0n) is 16.6. The molecule has 31 heavy (non-hydrogen) atoms. The maximum atomic E-state index is 13.5. The molecule has 0 amide bonds. The van der Waals surface area contributed by atoms with Crippen molar-refractivity contribution in [1.29, 1.82) is 0 Å². The molecule has 1 heterocycles. The highest BCUT2D eigenvalue weighted by atomic mass is 35.5. The van der Waals surface area contributed by atoms with E-state index in [4.69, 9.17) is 21.1 Å². The molecule has 2 unspecified atom stereocenters. The maximum absolute atomic E-state index is 13.5. The van der Waals surface area contributed by atoms with Crippen LogP contribution < -0.4 is 10.1 Å². The Balaban J connectivity index is 1.79. The number of aliphatic imine (C=N–C) groups is 2. The van der Waals surface area contributed by atoms with Gasteiger partial charge < -0.3 is 14.8 Å². The predicted octanol–water partition coefficient (Wildman–Crippen LogP) is 5.04. The fourth-order valence-electron chi connectivity index (χ4n) is 3.07. The van der Waals surface area contributed by atoms with Gasteiger partial charge in [-0.1, -0.05) is 30.3 Å². The molecule has 0 spiro atoms. The fraction of sp³-hybridized carbons (Fsp3) is 0.286. The molecule has 1 aliphatic rings. The maximum Gasteiger partial charge on any atom is 0.400 e. The lowest BCUT2D eigenvalue weighted by Gasteiger charge is -2.29. The van der Waals surface area contributed by atoms with Gasteiger partial charge in [0.2, 0.25) is 5.29 Å². The van der Waals surface area contributed by atoms with Crippen LogP contribution in [0.3, 0.4) is 0 Å². The van der Waals surface area contributed by atoms with Crippen molar-refractivity contribution >= 4 is 34.4 Å². The van der Waals surface area contributed by atoms with Gasteiger partial charge in [0.25, 0.3) is 0 Å². The van der Waals surface area contributed by atoms with E-state index in [1.165, 1.54) is 32.2 Å². The molecule has 3 rings (SSSR count). The van der Waals surface area contributed by atoms with E-state index >= 15 is 0 Å². The van der Waals surface area contributed by atoms with E-state index in [0.29, 0.717) is 0 Å². The number of nitrogens with zero attached hydrogens (tertiary/aromatic N) is 2. The largest absolute Gasteiger partial charge is 0.495 e. The first-order valence-corrected chi connectivity index (χ1v) is 9.61. The SMILES string of the molecule is COc1cc(C(=O)OCc2ccccc2)ccc1NC1=NC(Cl)=NC(C)C1C(F)(F)F. The van der Waals surface area contributed by atoms with Crippen LogP contribution >= 0.6 is 11.6 Å². The van der Waals surface area contributed by atoms with Crippen molar-refractivity contribution in [2.75, 3.05) is 12.4 Å². The molecule has 0 saturated heterocycles. The average Bonchev–Trinajstić information content (AvgIpc) is 2.71. The lowest BCUT2D eigenvalue weighted by atomic mass is 9.98. The van der Waals surface area contributed by atoms with Crippen molar-refractivity contribution in [1.82, 2.24) is 0 Å². The first-order chi connectivity index (χ1) is 14.7. The van der Waals surface area contributed by atoms with E-state index in [1.807, 2.05) is 30.3 Å². The van der Waals surface area contributed by atoms with E-state index < -0.39 is 29.9 Å². The van der Waals surface area contributed by atoms with Gasteiger partial charge in [-0.05, 0) is 42.3 Å². The van der Waals surface area contributed by atoms with Crippen LogP contribution in [0, 0.1) is 5.92 Å². The van der Waals surface area contributed by atoms with Crippen molar-refractivity contribution in [3.05, 3.63) is 59.7 Å². The molecule has 1 aliphatic heterocycles. The number of amidine groups is 2. The molecule has 1 N–H and O–H groups in total. The van der Waals surface area contributed by atoms with Crippen LogP contribution in [-0.4, -0.2) is 36.4 Å². The zero-order valence-corrected chi connectivity index (χ0v) is 17.4. The summed E-state index contributed by atoms with van der Waals surface area (Å²) in [5, 5.41) is 2.35. The lowest BCUT2D eigenvalue weighted by molar-refractivity contribution is -0.159. The molecule has 2 aromatic carbocycles. The summed E-state index contributed by atoms with van der Waals surface area (Å²) in [6, 6.07) is 12.2.